The fraction of sp³-hybridized carbons (Fsp3) is 0.211. The van der Waals surface area contributed by atoms with Crippen LogP contribution < -0.4 is 0 Å². The van der Waals surface area contributed by atoms with Gasteiger partial charge < -0.3 is 4.90 Å². The van der Waals surface area contributed by atoms with Crippen LogP contribution in [0, 0.1) is 0 Å². The highest BCUT2D eigenvalue weighted by molar-refractivity contribution is 5.92. The van der Waals surface area contributed by atoms with Gasteiger partial charge in [-0.3, -0.25) is 4.79 Å². The van der Waals surface area contributed by atoms with E-state index >= 15 is 0 Å². The van der Waals surface area contributed by atoms with Crippen molar-refractivity contribution in [2.75, 3.05) is 6.54 Å². The molecule has 1 atom stereocenters. The van der Waals surface area contributed by atoms with Gasteiger partial charge in [0.05, 0.1) is 6.04 Å². The highest BCUT2D eigenvalue weighted by Crippen LogP contribution is 2.29. The molecule has 0 aliphatic carbocycles. The average molecular weight is 277 g/mol. The molecule has 1 aliphatic heterocycles. The molecule has 0 fully saturated rings. The average Bonchev–Trinajstić information content (AvgIpc) is 2.54. The van der Waals surface area contributed by atoms with E-state index in [1.54, 1.807) is 6.08 Å². The van der Waals surface area contributed by atoms with Crippen LogP contribution in [0.1, 0.15) is 29.7 Å². The molecule has 0 spiro atoms. The summed E-state index contributed by atoms with van der Waals surface area (Å²) in [7, 11) is 0. The molecule has 1 amide bonds. The second kappa shape index (κ2) is 5.96. The van der Waals surface area contributed by atoms with Crippen molar-refractivity contribution in [1.82, 2.24) is 4.90 Å². The Labute approximate surface area is 125 Å². The zero-order chi connectivity index (χ0) is 14.7. The third-order valence-electron chi connectivity index (χ3n) is 4.10. The van der Waals surface area contributed by atoms with Crippen LogP contribution >= 0.6 is 0 Å². The van der Waals surface area contributed by atoms with Gasteiger partial charge in [-0.1, -0.05) is 54.6 Å². The first kappa shape index (κ1) is 13.6. The summed E-state index contributed by atoms with van der Waals surface area (Å²) >= 11 is 0. The molecule has 106 valence electrons. The fourth-order valence-corrected chi connectivity index (χ4v) is 2.90. The van der Waals surface area contributed by atoms with Gasteiger partial charge in [-0.05, 0) is 36.1 Å². The number of rotatable bonds is 2. The van der Waals surface area contributed by atoms with E-state index < -0.39 is 0 Å². The van der Waals surface area contributed by atoms with Crippen molar-refractivity contribution in [3.63, 3.8) is 0 Å². The minimum absolute atomic E-state index is 0.0841. The molecule has 1 aliphatic rings. The maximum Gasteiger partial charge on any atom is 0.247 e. The number of nitrogens with zero attached hydrogens (tertiary/aromatic N) is 1. The van der Waals surface area contributed by atoms with Crippen LogP contribution in [0.5, 0.6) is 0 Å². The van der Waals surface area contributed by atoms with Crippen LogP contribution in [0.3, 0.4) is 0 Å². The summed E-state index contributed by atoms with van der Waals surface area (Å²) in [4.78, 5) is 14.4. The first-order chi connectivity index (χ1) is 10.3. The Bertz CT molecular complexity index is 660. The fourth-order valence-electron chi connectivity index (χ4n) is 2.90. The second-order valence-corrected chi connectivity index (χ2v) is 5.40. The number of benzene rings is 2. The summed E-state index contributed by atoms with van der Waals surface area (Å²) in [5.41, 5.74) is 3.68. The van der Waals surface area contributed by atoms with Gasteiger partial charge in [0, 0.05) is 12.6 Å². The molecule has 2 aromatic rings. The molecule has 0 saturated heterocycles. The lowest BCUT2D eigenvalue weighted by Gasteiger charge is -2.34. The maximum absolute atomic E-state index is 12.4. The van der Waals surface area contributed by atoms with Crippen LogP contribution in [0.25, 0.3) is 6.08 Å². The zero-order valence-electron chi connectivity index (χ0n) is 12.2. The third-order valence-corrected chi connectivity index (χ3v) is 4.10. The molecular weight excluding hydrogens is 258 g/mol. The first-order valence-electron chi connectivity index (χ1n) is 7.37. The highest BCUT2D eigenvalue weighted by atomic mass is 16.2. The maximum atomic E-state index is 12.4. The van der Waals surface area contributed by atoms with Gasteiger partial charge in [-0.2, -0.15) is 0 Å². The number of amides is 1. The Morgan fingerprint density at radius 3 is 2.62 bits per heavy atom. The molecule has 0 radical (unpaired) electrons. The number of carbonyl (C=O) groups excluding carboxylic acids is 1. The van der Waals surface area contributed by atoms with Crippen LogP contribution in [0.4, 0.5) is 0 Å². The predicted octanol–water partition coefficient (Wildman–Crippen LogP) is 3.85. The normalized spacial score (nSPS) is 17.8. The van der Waals surface area contributed by atoms with Crippen molar-refractivity contribution in [2.24, 2.45) is 0 Å². The summed E-state index contributed by atoms with van der Waals surface area (Å²) in [6.45, 7) is 2.89. The molecule has 2 nitrogen and oxygen atoms in total. The van der Waals surface area contributed by atoms with E-state index in [4.69, 9.17) is 0 Å². The van der Waals surface area contributed by atoms with Gasteiger partial charge in [-0.15, -0.1) is 0 Å². The molecule has 1 heterocycles. The smallest absolute Gasteiger partial charge is 0.247 e. The first-order valence-corrected chi connectivity index (χ1v) is 7.37. The number of hydrogen-bond donors (Lipinski definition) is 0. The minimum atomic E-state index is 0.0841. The van der Waals surface area contributed by atoms with Gasteiger partial charge >= 0.3 is 0 Å². The van der Waals surface area contributed by atoms with E-state index in [1.807, 2.05) is 47.4 Å². The Kier molecular flexibility index (Phi) is 3.87. The van der Waals surface area contributed by atoms with Gasteiger partial charge in [0.25, 0.3) is 0 Å². The molecule has 1 unspecified atom stereocenters. The lowest BCUT2D eigenvalue weighted by Crippen LogP contribution is -2.37. The van der Waals surface area contributed by atoms with Gasteiger partial charge in [-0.25, -0.2) is 0 Å². The zero-order valence-corrected chi connectivity index (χ0v) is 12.2. The lowest BCUT2D eigenvalue weighted by molar-refractivity contribution is -0.128. The van der Waals surface area contributed by atoms with Crippen molar-refractivity contribution in [1.29, 1.82) is 0 Å². The van der Waals surface area contributed by atoms with E-state index in [0.29, 0.717) is 0 Å². The summed E-state index contributed by atoms with van der Waals surface area (Å²) in [5.74, 6) is 0.0841. The molecule has 2 aromatic carbocycles. The molecule has 0 aromatic heterocycles. The summed E-state index contributed by atoms with van der Waals surface area (Å²) in [5, 5.41) is 0. The van der Waals surface area contributed by atoms with E-state index in [9.17, 15) is 4.79 Å². The largest absolute Gasteiger partial charge is 0.332 e. The molecule has 2 heteroatoms. The van der Waals surface area contributed by atoms with Crippen LogP contribution in [-0.2, 0) is 11.2 Å². The Morgan fingerprint density at radius 2 is 1.81 bits per heavy atom. The highest BCUT2D eigenvalue weighted by Gasteiger charge is 2.25. The molecule has 0 saturated carbocycles. The van der Waals surface area contributed by atoms with E-state index in [1.165, 1.54) is 11.1 Å². The number of hydrogen-bond acceptors (Lipinski definition) is 1. The molecule has 0 N–H and O–H groups in total. The Hall–Kier alpha value is -2.35. The Morgan fingerprint density at radius 1 is 1.10 bits per heavy atom. The van der Waals surface area contributed by atoms with Crippen LogP contribution in [-0.4, -0.2) is 17.4 Å². The van der Waals surface area contributed by atoms with Crippen LogP contribution in [0.2, 0.25) is 0 Å². The van der Waals surface area contributed by atoms with Crippen molar-refractivity contribution in [3.05, 3.63) is 77.4 Å². The van der Waals surface area contributed by atoms with Gasteiger partial charge in [0.1, 0.15) is 0 Å². The van der Waals surface area contributed by atoms with Crippen LogP contribution in [0.15, 0.2) is 60.7 Å². The molecule has 0 bridgehead atoms. The number of carbonyl (C=O) groups is 1. The quantitative estimate of drug-likeness (QED) is 0.764. The monoisotopic (exact) mass is 277 g/mol. The molecule has 3 rings (SSSR count). The van der Waals surface area contributed by atoms with Crippen molar-refractivity contribution < 1.29 is 4.79 Å². The minimum Gasteiger partial charge on any atom is -0.332 e. The van der Waals surface area contributed by atoms with Crippen molar-refractivity contribution in [3.8, 4) is 0 Å². The van der Waals surface area contributed by atoms with E-state index in [2.05, 4.69) is 25.1 Å². The summed E-state index contributed by atoms with van der Waals surface area (Å²) < 4.78 is 0. The predicted molar refractivity (Wildman–Crippen MR) is 85.8 cm³/mol. The van der Waals surface area contributed by atoms with Gasteiger partial charge in [0.2, 0.25) is 5.91 Å². The molecule has 21 heavy (non-hydrogen) atoms. The van der Waals surface area contributed by atoms with E-state index in [0.717, 1.165) is 18.5 Å². The lowest BCUT2D eigenvalue weighted by atomic mass is 9.93. The summed E-state index contributed by atoms with van der Waals surface area (Å²) in [6.07, 6.45) is 4.50. The second-order valence-electron chi connectivity index (χ2n) is 5.40. The molecular formula is C19H19NO. The van der Waals surface area contributed by atoms with Crippen molar-refractivity contribution in [2.45, 2.75) is 19.4 Å². The third kappa shape index (κ3) is 2.89. The summed E-state index contributed by atoms with van der Waals surface area (Å²) in [6, 6.07) is 18.5. The Balaban J connectivity index is 1.76. The SMILES string of the molecule is CC1c2ccccc2CCN1C(=O)/C=C/c1ccccc1. The topological polar surface area (TPSA) is 20.3 Å². The van der Waals surface area contributed by atoms with Crippen molar-refractivity contribution >= 4 is 12.0 Å². The standard InChI is InChI=1S/C19H19NO/c1-15-18-10-6-5-9-17(18)13-14-20(15)19(21)12-11-16-7-3-2-4-8-16/h2-12,15H,13-14H2,1H3/b12-11+. The van der Waals surface area contributed by atoms with Gasteiger partial charge in [0.15, 0.2) is 0 Å². The number of fused-ring (bicyclic) bond motifs is 1. The van der Waals surface area contributed by atoms with E-state index in [-0.39, 0.29) is 11.9 Å².